The molecule has 0 amide bonds. The SMILES string of the molecule is CC(c1ccccc1[N+](=O)[O-])[C@]1(n2cnc3c(N)ncnc32)C[C@H](O)[C@@H](CO)O1. The fourth-order valence-electron chi connectivity index (χ4n) is 4.01. The van der Waals surface area contributed by atoms with E-state index in [1.807, 2.05) is 0 Å². The van der Waals surface area contributed by atoms with Gasteiger partial charge in [0.25, 0.3) is 5.69 Å². The van der Waals surface area contributed by atoms with Crippen LogP contribution >= 0.6 is 0 Å². The number of rotatable bonds is 5. The van der Waals surface area contributed by atoms with Gasteiger partial charge in [0.05, 0.1) is 24.0 Å². The number of aliphatic hydroxyl groups excluding tert-OH is 2. The van der Waals surface area contributed by atoms with Crippen LogP contribution in [-0.4, -0.2) is 53.5 Å². The Bertz CT molecular complexity index is 1070. The lowest BCUT2D eigenvalue weighted by atomic mass is 9.86. The largest absolute Gasteiger partial charge is 0.394 e. The lowest BCUT2D eigenvalue weighted by Crippen LogP contribution is -2.39. The van der Waals surface area contributed by atoms with Crippen LogP contribution in [0.4, 0.5) is 11.5 Å². The van der Waals surface area contributed by atoms with E-state index < -0.39 is 35.4 Å². The average Bonchev–Trinajstić information content (AvgIpc) is 3.30. The summed E-state index contributed by atoms with van der Waals surface area (Å²) in [7, 11) is 0. The number of aromatic nitrogens is 4. The highest BCUT2D eigenvalue weighted by molar-refractivity contribution is 5.81. The van der Waals surface area contributed by atoms with Crippen molar-refractivity contribution in [3.05, 3.63) is 52.6 Å². The predicted octanol–water partition coefficient (Wildman–Crippen LogP) is 0.915. The first-order valence-electron chi connectivity index (χ1n) is 9.03. The van der Waals surface area contributed by atoms with Gasteiger partial charge in [-0.15, -0.1) is 0 Å². The molecule has 4 atom stereocenters. The highest BCUT2D eigenvalue weighted by atomic mass is 16.6. The van der Waals surface area contributed by atoms with Crippen molar-refractivity contribution in [3.63, 3.8) is 0 Å². The molecule has 0 saturated carbocycles. The van der Waals surface area contributed by atoms with E-state index in [4.69, 9.17) is 10.5 Å². The zero-order chi connectivity index (χ0) is 20.8. The number of nitro groups is 1. The number of benzene rings is 1. The van der Waals surface area contributed by atoms with Crippen molar-refractivity contribution in [2.24, 2.45) is 0 Å². The molecule has 1 aromatic carbocycles. The second-order valence-electron chi connectivity index (χ2n) is 7.04. The summed E-state index contributed by atoms with van der Waals surface area (Å²) < 4.78 is 7.76. The van der Waals surface area contributed by atoms with Crippen molar-refractivity contribution in [3.8, 4) is 0 Å². The van der Waals surface area contributed by atoms with Gasteiger partial charge >= 0.3 is 0 Å². The lowest BCUT2D eigenvalue weighted by Gasteiger charge is -2.36. The molecule has 1 aliphatic heterocycles. The van der Waals surface area contributed by atoms with Crippen molar-refractivity contribution in [1.29, 1.82) is 0 Å². The van der Waals surface area contributed by atoms with Gasteiger partial charge in [-0.3, -0.25) is 14.7 Å². The summed E-state index contributed by atoms with van der Waals surface area (Å²) >= 11 is 0. The van der Waals surface area contributed by atoms with Crippen LogP contribution in [0.3, 0.4) is 0 Å². The summed E-state index contributed by atoms with van der Waals surface area (Å²) in [6.07, 6.45) is 0.973. The Labute approximate surface area is 164 Å². The summed E-state index contributed by atoms with van der Waals surface area (Å²) in [6, 6.07) is 6.35. The Hall–Kier alpha value is -3.15. The molecule has 0 spiro atoms. The Morgan fingerprint density at radius 3 is 2.86 bits per heavy atom. The van der Waals surface area contributed by atoms with Crippen LogP contribution in [0.15, 0.2) is 36.9 Å². The molecule has 4 N–H and O–H groups in total. The minimum atomic E-state index is -1.28. The van der Waals surface area contributed by atoms with E-state index in [1.54, 1.807) is 29.7 Å². The van der Waals surface area contributed by atoms with E-state index in [9.17, 15) is 20.3 Å². The van der Waals surface area contributed by atoms with Crippen LogP contribution in [0.2, 0.25) is 0 Å². The first kappa shape index (κ1) is 19.2. The molecular weight excluding hydrogens is 380 g/mol. The first-order chi connectivity index (χ1) is 13.9. The Kier molecular flexibility index (Phi) is 4.65. The molecule has 0 radical (unpaired) electrons. The maximum absolute atomic E-state index is 11.6. The molecule has 11 heteroatoms. The second kappa shape index (κ2) is 7.03. The number of nitrogen functional groups attached to an aromatic ring is 1. The zero-order valence-electron chi connectivity index (χ0n) is 15.5. The molecule has 1 saturated heterocycles. The van der Waals surface area contributed by atoms with E-state index >= 15 is 0 Å². The van der Waals surface area contributed by atoms with Gasteiger partial charge < -0.3 is 20.7 Å². The molecule has 0 bridgehead atoms. The van der Waals surface area contributed by atoms with Crippen LogP contribution in [-0.2, 0) is 10.5 Å². The summed E-state index contributed by atoms with van der Waals surface area (Å²) in [4.78, 5) is 23.6. The van der Waals surface area contributed by atoms with Gasteiger partial charge in [0.1, 0.15) is 17.9 Å². The van der Waals surface area contributed by atoms with Gasteiger partial charge in [0.2, 0.25) is 0 Å². The number of aliphatic hydroxyl groups is 2. The van der Waals surface area contributed by atoms with Crippen LogP contribution in [0.5, 0.6) is 0 Å². The number of hydrogen-bond acceptors (Lipinski definition) is 9. The van der Waals surface area contributed by atoms with Gasteiger partial charge in [0, 0.05) is 24.0 Å². The van der Waals surface area contributed by atoms with Crippen molar-refractivity contribution >= 4 is 22.7 Å². The molecule has 1 unspecified atom stereocenters. The van der Waals surface area contributed by atoms with Gasteiger partial charge in [-0.05, 0) is 0 Å². The number of anilines is 1. The van der Waals surface area contributed by atoms with E-state index in [0.717, 1.165) is 0 Å². The third-order valence-corrected chi connectivity index (χ3v) is 5.51. The highest BCUT2D eigenvalue weighted by Crippen LogP contribution is 2.48. The number of nitrogens with two attached hydrogens (primary N) is 1. The highest BCUT2D eigenvalue weighted by Gasteiger charge is 2.53. The van der Waals surface area contributed by atoms with Crippen molar-refractivity contribution in [1.82, 2.24) is 19.5 Å². The van der Waals surface area contributed by atoms with E-state index in [2.05, 4.69) is 15.0 Å². The van der Waals surface area contributed by atoms with Gasteiger partial charge in [-0.25, -0.2) is 15.0 Å². The van der Waals surface area contributed by atoms with Crippen LogP contribution in [0.1, 0.15) is 24.8 Å². The molecule has 3 aromatic rings. The Balaban J connectivity index is 1.94. The molecule has 2 aromatic heterocycles. The van der Waals surface area contributed by atoms with Gasteiger partial charge in [0.15, 0.2) is 17.2 Å². The van der Waals surface area contributed by atoms with Crippen molar-refractivity contribution < 1.29 is 19.9 Å². The summed E-state index contributed by atoms with van der Waals surface area (Å²) in [5.41, 5.74) is 5.69. The van der Waals surface area contributed by atoms with Crippen LogP contribution in [0, 0.1) is 10.1 Å². The second-order valence-corrected chi connectivity index (χ2v) is 7.04. The topological polar surface area (TPSA) is 162 Å². The first-order valence-corrected chi connectivity index (χ1v) is 9.03. The van der Waals surface area contributed by atoms with Crippen LogP contribution in [0.25, 0.3) is 11.2 Å². The molecule has 4 rings (SSSR count). The molecule has 1 aliphatic rings. The molecular formula is C18H20N6O5. The molecule has 11 nitrogen and oxygen atoms in total. The van der Waals surface area contributed by atoms with Crippen molar-refractivity contribution in [2.75, 3.05) is 12.3 Å². The number of ether oxygens (including phenoxy) is 1. The maximum atomic E-state index is 11.6. The number of nitro benzene ring substituents is 1. The number of para-hydroxylation sites is 1. The maximum Gasteiger partial charge on any atom is 0.273 e. The molecule has 1 fully saturated rings. The summed E-state index contributed by atoms with van der Waals surface area (Å²) in [5.74, 6) is -0.414. The summed E-state index contributed by atoms with van der Waals surface area (Å²) in [6.45, 7) is 1.36. The lowest BCUT2D eigenvalue weighted by molar-refractivity contribution is -0.386. The normalized spacial score (nSPS) is 25.3. The van der Waals surface area contributed by atoms with E-state index in [-0.39, 0.29) is 17.9 Å². The molecule has 29 heavy (non-hydrogen) atoms. The number of imidazole rings is 1. The molecule has 0 aliphatic carbocycles. The van der Waals surface area contributed by atoms with Crippen molar-refractivity contribution in [2.45, 2.75) is 37.2 Å². The fourth-order valence-corrected chi connectivity index (χ4v) is 4.01. The van der Waals surface area contributed by atoms with E-state index in [0.29, 0.717) is 16.7 Å². The minimum absolute atomic E-state index is 0.0662. The monoisotopic (exact) mass is 400 g/mol. The fraction of sp³-hybridized carbons (Fsp3) is 0.389. The third-order valence-electron chi connectivity index (χ3n) is 5.51. The average molecular weight is 400 g/mol. The molecule has 3 heterocycles. The number of fused-ring (bicyclic) bond motifs is 1. The quantitative estimate of drug-likeness (QED) is 0.417. The predicted molar refractivity (Wildman–Crippen MR) is 102 cm³/mol. The number of nitrogens with zero attached hydrogens (tertiary/aromatic N) is 5. The minimum Gasteiger partial charge on any atom is -0.394 e. The molecule has 152 valence electrons. The van der Waals surface area contributed by atoms with E-state index in [1.165, 1.54) is 18.7 Å². The van der Waals surface area contributed by atoms with Crippen LogP contribution < -0.4 is 5.73 Å². The Morgan fingerprint density at radius 2 is 2.17 bits per heavy atom. The smallest absolute Gasteiger partial charge is 0.273 e. The standard InChI is InChI=1S/C18H20N6O5/c1-10(11-4-2-3-5-12(11)24(27)28)18(6-13(26)14(7-25)29-18)23-9-22-15-16(19)20-8-21-17(15)23/h2-5,8-10,13-14,25-26H,6-7H2,1H3,(H2,19,20,21)/t10?,13-,14+,18-/m0/s1. The number of hydrogen-bond donors (Lipinski definition) is 3. The summed E-state index contributed by atoms with van der Waals surface area (Å²) in [5, 5.41) is 31.8. The third kappa shape index (κ3) is 2.90. The Morgan fingerprint density at radius 1 is 1.41 bits per heavy atom. The zero-order valence-corrected chi connectivity index (χ0v) is 15.5. The van der Waals surface area contributed by atoms with Gasteiger partial charge in [-0.2, -0.15) is 0 Å². The van der Waals surface area contributed by atoms with Gasteiger partial charge in [-0.1, -0.05) is 25.1 Å².